The van der Waals surface area contributed by atoms with Gasteiger partial charge in [0.15, 0.2) is 0 Å². The Balaban J connectivity index is 4.65. The van der Waals surface area contributed by atoms with Crippen LogP contribution in [0.15, 0.2) is 12.7 Å². The maximum Gasteiger partial charge on any atom is 0.332 e. The summed E-state index contributed by atoms with van der Waals surface area (Å²) in [7, 11) is 1.36. The standard InChI is InChI=1S/C9H16O4/c1-6-7(10)13-9(4,12-5)8(2,3)11/h6,11H,1H2,2-5H3. The first-order valence-corrected chi connectivity index (χ1v) is 3.90. The molecule has 4 nitrogen and oxygen atoms in total. The van der Waals surface area contributed by atoms with Crippen LogP contribution in [-0.4, -0.2) is 29.6 Å². The van der Waals surface area contributed by atoms with Crippen molar-refractivity contribution in [2.45, 2.75) is 32.2 Å². The Morgan fingerprint density at radius 2 is 1.92 bits per heavy atom. The second kappa shape index (κ2) is 3.89. The van der Waals surface area contributed by atoms with Gasteiger partial charge in [0.1, 0.15) is 5.60 Å². The molecular weight excluding hydrogens is 172 g/mol. The summed E-state index contributed by atoms with van der Waals surface area (Å²) >= 11 is 0. The van der Waals surface area contributed by atoms with Gasteiger partial charge in [-0.2, -0.15) is 0 Å². The lowest BCUT2D eigenvalue weighted by Gasteiger charge is -2.37. The van der Waals surface area contributed by atoms with Gasteiger partial charge in [-0.15, -0.1) is 0 Å². The van der Waals surface area contributed by atoms with Crippen molar-refractivity contribution in [3.63, 3.8) is 0 Å². The van der Waals surface area contributed by atoms with Crippen LogP contribution in [0.25, 0.3) is 0 Å². The van der Waals surface area contributed by atoms with Crippen molar-refractivity contribution in [2.24, 2.45) is 0 Å². The zero-order chi connectivity index (χ0) is 10.7. The number of ether oxygens (including phenoxy) is 2. The molecule has 0 heterocycles. The normalized spacial score (nSPS) is 16.1. The molecule has 0 spiro atoms. The second-order valence-electron chi connectivity index (χ2n) is 3.33. The monoisotopic (exact) mass is 188 g/mol. The van der Waals surface area contributed by atoms with Crippen LogP contribution >= 0.6 is 0 Å². The molecule has 0 bridgehead atoms. The van der Waals surface area contributed by atoms with Gasteiger partial charge in [-0.1, -0.05) is 6.58 Å². The number of hydrogen-bond donors (Lipinski definition) is 1. The highest BCUT2D eigenvalue weighted by Gasteiger charge is 2.43. The zero-order valence-corrected chi connectivity index (χ0v) is 8.46. The lowest BCUT2D eigenvalue weighted by molar-refractivity contribution is -0.275. The smallest absolute Gasteiger partial charge is 0.332 e. The molecule has 13 heavy (non-hydrogen) atoms. The molecular formula is C9H16O4. The zero-order valence-electron chi connectivity index (χ0n) is 8.46. The van der Waals surface area contributed by atoms with E-state index in [0.717, 1.165) is 6.08 Å². The Morgan fingerprint density at radius 1 is 1.46 bits per heavy atom. The molecule has 4 heteroatoms. The van der Waals surface area contributed by atoms with E-state index in [1.54, 1.807) is 0 Å². The average Bonchev–Trinajstić information content (AvgIpc) is 2.02. The minimum absolute atomic E-state index is 0.633. The molecule has 0 aromatic carbocycles. The summed E-state index contributed by atoms with van der Waals surface area (Å²) in [5.41, 5.74) is -1.28. The second-order valence-corrected chi connectivity index (χ2v) is 3.33. The third-order valence-corrected chi connectivity index (χ3v) is 1.96. The van der Waals surface area contributed by atoms with Crippen LogP contribution in [-0.2, 0) is 14.3 Å². The Kier molecular flexibility index (Phi) is 3.63. The number of rotatable bonds is 4. The molecule has 1 atom stereocenters. The van der Waals surface area contributed by atoms with E-state index in [-0.39, 0.29) is 0 Å². The predicted molar refractivity (Wildman–Crippen MR) is 48.0 cm³/mol. The molecule has 0 rings (SSSR count). The van der Waals surface area contributed by atoms with Gasteiger partial charge < -0.3 is 14.6 Å². The first-order valence-electron chi connectivity index (χ1n) is 3.90. The topological polar surface area (TPSA) is 55.8 Å². The Labute approximate surface area is 78.2 Å². The Morgan fingerprint density at radius 3 is 2.15 bits per heavy atom. The quantitative estimate of drug-likeness (QED) is 0.403. The Bertz CT molecular complexity index is 204. The molecule has 0 aromatic heterocycles. The molecule has 0 fully saturated rings. The largest absolute Gasteiger partial charge is 0.427 e. The van der Waals surface area contributed by atoms with E-state index in [1.165, 1.54) is 27.9 Å². The third-order valence-electron chi connectivity index (χ3n) is 1.96. The van der Waals surface area contributed by atoms with Crippen LogP contribution in [0, 0.1) is 0 Å². The van der Waals surface area contributed by atoms with E-state index in [0.29, 0.717) is 0 Å². The van der Waals surface area contributed by atoms with E-state index < -0.39 is 17.4 Å². The molecule has 0 aliphatic rings. The van der Waals surface area contributed by atoms with Crippen molar-refractivity contribution in [3.05, 3.63) is 12.7 Å². The highest BCUT2D eigenvalue weighted by molar-refractivity contribution is 5.81. The fourth-order valence-corrected chi connectivity index (χ4v) is 0.650. The molecule has 1 N–H and O–H groups in total. The highest BCUT2D eigenvalue weighted by atomic mass is 16.7. The first kappa shape index (κ1) is 12.1. The van der Waals surface area contributed by atoms with Crippen molar-refractivity contribution in [3.8, 4) is 0 Å². The number of esters is 1. The average molecular weight is 188 g/mol. The summed E-state index contributed by atoms with van der Waals surface area (Å²) in [5, 5.41) is 9.64. The molecule has 1 unspecified atom stereocenters. The van der Waals surface area contributed by atoms with Crippen LogP contribution in [0.2, 0.25) is 0 Å². The summed E-state index contributed by atoms with van der Waals surface area (Å²) < 4.78 is 9.81. The van der Waals surface area contributed by atoms with Crippen molar-refractivity contribution < 1.29 is 19.4 Å². The lowest BCUT2D eigenvalue weighted by atomic mass is 9.99. The van der Waals surface area contributed by atoms with Gasteiger partial charge in [0.25, 0.3) is 0 Å². The third kappa shape index (κ3) is 2.82. The van der Waals surface area contributed by atoms with Gasteiger partial charge in [0.05, 0.1) is 0 Å². The van der Waals surface area contributed by atoms with E-state index >= 15 is 0 Å². The van der Waals surface area contributed by atoms with Crippen LogP contribution in [0.1, 0.15) is 20.8 Å². The van der Waals surface area contributed by atoms with Crippen molar-refractivity contribution >= 4 is 5.97 Å². The predicted octanol–water partition coefficient (Wildman–Crippen LogP) is 0.849. The number of methoxy groups -OCH3 is 1. The summed E-state index contributed by atoms with van der Waals surface area (Å²) in [6.07, 6.45) is 1.02. The van der Waals surface area contributed by atoms with Gasteiger partial charge in [-0.25, -0.2) is 4.79 Å². The van der Waals surface area contributed by atoms with E-state index in [4.69, 9.17) is 9.47 Å². The van der Waals surface area contributed by atoms with Gasteiger partial charge in [-0.05, 0) is 13.8 Å². The van der Waals surface area contributed by atoms with Crippen LogP contribution in [0.5, 0.6) is 0 Å². The number of aliphatic hydroxyl groups is 1. The highest BCUT2D eigenvalue weighted by Crippen LogP contribution is 2.26. The summed E-state index contributed by atoms with van der Waals surface area (Å²) in [4.78, 5) is 10.9. The number of carbonyl (C=O) groups excluding carboxylic acids is 1. The van der Waals surface area contributed by atoms with E-state index in [2.05, 4.69) is 6.58 Å². The van der Waals surface area contributed by atoms with Crippen molar-refractivity contribution in [1.82, 2.24) is 0 Å². The van der Waals surface area contributed by atoms with Gasteiger partial charge in [0, 0.05) is 20.1 Å². The molecule has 0 aliphatic carbocycles. The fraction of sp³-hybridized carbons (Fsp3) is 0.667. The first-order chi connectivity index (χ1) is 5.77. The lowest BCUT2D eigenvalue weighted by Crippen LogP contribution is -2.52. The Hall–Kier alpha value is -0.870. The minimum atomic E-state index is -1.36. The minimum Gasteiger partial charge on any atom is -0.427 e. The van der Waals surface area contributed by atoms with Gasteiger partial charge >= 0.3 is 5.97 Å². The molecule has 0 radical (unpaired) electrons. The van der Waals surface area contributed by atoms with Crippen molar-refractivity contribution in [2.75, 3.05) is 7.11 Å². The van der Waals surface area contributed by atoms with E-state index in [9.17, 15) is 9.90 Å². The molecule has 0 aromatic rings. The SMILES string of the molecule is C=CC(=O)OC(C)(OC)C(C)(C)O. The number of hydrogen-bond acceptors (Lipinski definition) is 4. The molecule has 0 saturated carbocycles. The molecule has 0 aliphatic heterocycles. The summed E-state index contributed by atoms with van der Waals surface area (Å²) in [6.45, 7) is 7.72. The van der Waals surface area contributed by atoms with Crippen molar-refractivity contribution in [1.29, 1.82) is 0 Å². The van der Waals surface area contributed by atoms with Crippen LogP contribution in [0.3, 0.4) is 0 Å². The molecule has 76 valence electrons. The fourth-order valence-electron chi connectivity index (χ4n) is 0.650. The summed E-state index contributed by atoms with van der Waals surface area (Å²) in [6, 6.07) is 0. The maximum absolute atomic E-state index is 10.9. The van der Waals surface area contributed by atoms with Gasteiger partial charge in [-0.3, -0.25) is 0 Å². The number of carbonyl (C=O) groups is 1. The molecule has 0 amide bonds. The summed E-state index contributed by atoms with van der Waals surface area (Å²) in [5.74, 6) is -2.00. The van der Waals surface area contributed by atoms with Crippen LogP contribution in [0.4, 0.5) is 0 Å². The maximum atomic E-state index is 10.9. The molecule has 0 saturated heterocycles. The van der Waals surface area contributed by atoms with Crippen LogP contribution < -0.4 is 0 Å². The van der Waals surface area contributed by atoms with Gasteiger partial charge in [0.2, 0.25) is 5.79 Å². The van der Waals surface area contributed by atoms with E-state index in [1.807, 2.05) is 0 Å².